The summed E-state index contributed by atoms with van der Waals surface area (Å²) < 4.78 is 6.92. The number of hydrazone groups is 1. The molecule has 3 rings (SSSR count). The first-order chi connectivity index (χ1) is 14.0. The van der Waals surface area contributed by atoms with Crippen LogP contribution in [0.4, 0.5) is 5.82 Å². The number of hydrogen-bond acceptors (Lipinski definition) is 9. The van der Waals surface area contributed by atoms with Crippen LogP contribution in [0.2, 0.25) is 0 Å². The Balaban J connectivity index is 1.86. The Kier molecular flexibility index (Phi) is 6.67. The van der Waals surface area contributed by atoms with Gasteiger partial charge in [0.05, 0.1) is 11.9 Å². The molecular formula is C17H20BrN9O2. The Morgan fingerprint density at radius 1 is 1.38 bits per heavy atom. The molecule has 3 N–H and O–H groups in total. The first-order valence-corrected chi connectivity index (χ1v) is 9.67. The third-order valence-electron chi connectivity index (χ3n) is 4.17. The van der Waals surface area contributed by atoms with E-state index in [1.165, 1.54) is 10.9 Å². The minimum absolute atomic E-state index is 0.0512. The van der Waals surface area contributed by atoms with E-state index in [1.807, 2.05) is 38.1 Å². The summed E-state index contributed by atoms with van der Waals surface area (Å²) in [6, 6.07) is 7.51. The standard InChI is InChI=1S/C17H20BrN9O2/c1-3-26(4-2)10-13-14(21-25-27(13)16-15(19)23-29-24-16)17(28)22-20-9-11-6-5-7-12(18)8-11/h5-9H,3-4,10H2,1-2H3,(H2,19,23)(H,22,28)/b20-9+. The van der Waals surface area contributed by atoms with Crippen molar-refractivity contribution >= 4 is 33.9 Å². The van der Waals surface area contributed by atoms with Crippen LogP contribution in [0, 0.1) is 0 Å². The topological polar surface area (TPSA) is 140 Å². The molecule has 0 atom stereocenters. The van der Waals surface area contributed by atoms with Gasteiger partial charge in [0.2, 0.25) is 11.6 Å². The molecule has 1 amide bonds. The van der Waals surface area contributed by atoms with Crippen LogP contribution in [-0.4, -0.2) is 55.4 Å². The van der Waals surface area contributed by atoms with Crippen LogP contribution in [0.5, 0.6) is 0 Å². The first-order valence-electron chi connectivity index (χ1n) is 8.87. The molecule has 2 heterocycles. The molecule has 0 saturated carbocycles. The van der Waals surface area contributed by atoms with Gasteiger partial charge >= 0.3 is 0 Å². The molecule has 0 fully saturated rings. The molecule has 0 aliphatic carbocycles. The van der Waals surface area contributed by atoms with Gasteiger partial charge in [-0.15, -0.1) is 5.10 Å². The Hall–Kier alpha value is -3.12. The predicted molar refractivity (Wildman–Crippen MR) is 109 cm³/mol. The molecule has 0 unspecified atom stereocenters. The van der Waals surface area contributed by atoms with Gasteiger partial charge in [-0.25, -0.2) is 10.1 Å². The highest BCUT2D eigenvalue weighted by Gasteiger charge is 2.24. The van der Waals surface area contributed by atoms with Crippen molar-refractivity contribution in [1.29, 1.82) is 0 Å². The number of rotatable bonds is 8. The maximum atomic E-state index is 12.7. The van der Waals surface area contributed by atoms with Crippen LogP contribution in [0.3, 0.4) is 0 Å². The minimum Gasteiger partial charge on any atom is -0.378 e. The second kappa shape index (κ2) is 9.39. The van der Waals surface area contributed by atoms with Crippen LogP contribution in [0.25, 0.3) is 5.82 Å². The van der Waals surface area contributed by atoms with Crippen molar-refractivity contribution in [1.82, 2.24) is 35.6 Å². The lowest BCUT2D eigenvalue weighted by molar-refractivity contribution is 0.0948. The number of nitrogen functional groups attached to an aromatic ring is 1. The molecule has 1 aromatic carbocycles. The number of carbonyl (C=O) groups is 1. The van der Waals surface area contributed by atoms with E-state index in [0.29, 0.717) is 12.2 Å². The number of aromatic nitrogens is 5. The lowest BCUT2D eigenvalue weighted by Gasteiger charge is -2.18. The number of hydrogen-bond donors (Lipinski definition) is 2. The van der Waals surface area contributed by atoms with Crippen LogP contribution < -0.4 is 11.2 Å². The third-order valence-corrected chi connectivity index (χ3v) is 4.66. The molecule has 12 heteroatoms. The molecule has 0 bridgehead atoms. The van der Waals surface area contributed by atoms with Crippen LogP contribution >= 0.6 is 15.9 Å². The van der Waals surface area contributed by atoms with E-state index in [4.69, 9.17) is 5.73 Å². The van der Waals surface area contributed by atoms with Crippen LogP contribution in [-0.2, 0) is 6.54 Å². The van der Waals surface area contributed by atoms with Gasteiger partial charge < -0.3 is 5.73 Å². The Bertz CT molecular complexity index is 1010. The lowest BCUT2D eigenvalue weighted by Crippen LogP contribution is -2.27. The number of benzene rings is 1. The van der Waals surface area contributed by atoms with E-state index < -0.39 is 5.91 Å². The summed E-state index contributed by atoms with van der Waals surface area (Å²) in [6.45, 7) is 5.99. The zero-order valence-electron chi connectivity index (χ0n) is 15.9. The average Bonchev–Trinajstić information content (AvgIpc) is 3.31. The molecule has 0 aliphatic rings. The average molecular weight is 462 g/mol. The predicted octanol–water partition coefficient (Wildman–Crippen LogP) is 1.60. The number of carbonyl (C=O) groups excluding carboxylic acids is 1. The molecule has 0 spiro atoms. The zero-order valence-corrected chi connectivity index (χ0v) is 17.5. The largest absolute Gasteiger partial charge is 0.378 e. The van der Waals surface area contributed by atoms with E-state index in [-0.39, 0.29) is 17.3 Å². The van der Waals surface area contributed by atoms with Gasteiger partial charge in [0, 0.05) is 11.0 Å². The maximum absolute atomic E-state index is 12.7. The maximum Gasteiger partial charge on any atom is 0.293 e. The fourth-order valence-electron chi connectivity index (χ4n) is 2.59. The van der Waals surface area contributed by atoms with Gasteiger partial charge in [-0.05, 0) is 41.1 Å². The first kappa shape index (κ1) is 20.6. The molecule has 2 aromatic heterocycles. The van der Waals surface area contributed by atoms with Crippen molar-refractivity contribution in [3.8, 4) is 5.82 Å². The number of anilines is 1. The van der Waals surface area contributed by atoms with Crippen molar-refractivity contribution < 1.29 is 9.42 Å². The van der Waals surface area contributed by atoms with Gasteiger partial charge in [0.1, 0.15) is 0 Å². The van der Waals surface area contributed by atoms with Crippen LogP contribution in [0.15, 0.2) is 38.5 Å². The van der Waals surface area contributed by atoms with Gasteiger partial charge in [-0.3, -0.25) is 9.69 Å². The number of halogens is 1. The number of nitrogens with one attached hydrogen (secondary N) is 1. The Labute approximate surface area is 175 Å². The molecule has 0 aliphatic heterocycles. The van der Waals surface area contributed by atoms with Gasteiger partial charge in [0.25, 0.3) is 5.91 Å². The van der Waals surface area contributed by atoms with Gasteiger partial charge in [-0.1, -0.05) is 47.1 Å². The Morgan fingerprint density at radius 3 is 2.83 bits per heavy atom. The molecule has 11 nitrogen and oxygen atoms in total. The summed E-state index contributed by atoms with van der Waals surface area (Å²) in [6.07, 6.45) is 1.54. The monoisotopic (exact) mass is 461 g/mol. The summed E-state index contributed by atoms with van der Waals surface area (Å²) in [4.78, 5) is 14.8. The fourth-order valence-corrected chi connectivity index (χ4v) is 3.01. The SMILES string of the molecule is CCN(CC)Cc1c(C(=O)N/N=C/c2cccc(Br)c2)nnn1-c1nonc1N. The van der Waals surface area contributed by atoms with E-state index in [2.05, 4.69) is 56.6 Å². The van der Waals surface area contributed by atoms with Crippen LogP contribution in [0.1, 0.15) is 35.6 Å². The summed E-state index contributed by atoms with van der Waals surface area (Å²) >= 11 is 3.39. The summed E-state index contributed by atoms with van der Waals surface area (Å²) in [5.74, 6) is -0.272. The second-order valence-electron chi connectivity index (χ2n) is 5.99. The van der Waals surface area contributed by atoms with E-state index in [9.17, 15) is 4.79 Å². The summed E-state index contributed by atoms with van der Waals surface area (Å²) in [5, 5.41) is 19.3. The molecule has 0 radical (unpaired) electrons. The number of nitrogens with two attached hydrogens (primary N) is 1. The Morgan fingerprint density at radius 2 is 2.17 bits per heavy atom. The van der Waals surface area contributed by atoms with E-state index in [1.54, 1.807) is 0 Å². The van der Waals surface area contributed by atoms with Crippen molar-refractivity contribution in [3.05, 3.63) is 45.7 Å². The third kappa shape index (κ3) is 4.84. The highest BCUT2D eigenvalue weighted by Crippen LogP contribution is 2.17. The summed E-state index contributed by atoms with van der Waals surface area (Å²) in [5.41, 5.74) is 9.71. The molecule has 0 saturated heterocycles. The summed E-state index contributed by atoms with van der Waals surface area (Å²) in [7, 11) is 0. The van der Waals surface area contributed by atoms with E-state index in [0.717, 1.165) is 23.1 Å². The molecule has 152 valence electrons. The zero-order chi connectivity index (χ0) is 20.8. The van der Waals surface area contributed by atoms with Crippen molar-refractivity contribution in [2.24, 2.45) is 5.10 Å². The van der Waals surface area contributed by atoms with E-state index >= 15 is 0 Å². The highest BCUT2D eigenvalue weighted by atomic mass is 79.9. The fraction of sp³-hybridized carbons (Fsp3) is 0.294. The molecule has 3 aromatic rings. The second-order valence-corrected chi connectivity index (χ2v) is 6.90. The molecular weight excluding hydrogens is 442 g/mol. The highest BCUT2D eigenvalue weighted by molar-refractivity contribution is 9.10. The van der Waals surface area contributed by atoms with Gasteiger partial charge in [0.15, 0.2) is 5.69 Å². The number of amides is 1. The minimum atomic E-state index is -0.500. The number of nitrogens with zero attached hydrogens (tertiary/aromatic N) is 7. The van der Waals surface area contributed by atoms with Crippen molar-refractivity contribution in [3.63, 3.8) is 0 Å². The van der Waals surface area contributed by atoms with Crippen molar-refractivity contribution in [2.75, 3.05) is 18.8 Å². The normalized spacial score (nSPS) is 11.4. The van der Waals surface area contributed by atoms with Crippen molar-refractivity contribution in [2.45, 2.75) is 20.4 Å². The lowest BCUT2D eigenvalue weighted by atomic mass is 10.2. The van der Waals surface area contributed by atoms with Gasteiger partial charge in [-0.2, -0.15) is 9.78 Å². The smallest absolute Gasteiger partial charge is 0.293 e. The molecule has 29 heavy (non-hydrogen) atoms. The quantitative estimate of drug-likeness (QED) is 0.380.